The van der Waals surface area contributed by atoms with Gasteiger partial charge in [0.25, 0.3) is 0 Å². The highest BCUT2D eigenvalue weighted by molar-refractivity contribution is 7.13. The summed E-state index contributed by atoms with van der Waals surface area (Å²) >= 11 is 1.26. The number of fused-ring (bicyclic) bond motifs is 1. The normalized spacial score (nSPS) is 11.7. The maximum atomic E-state index is 10.7. The fourth-order valence-corrected chi connectivity index (χ4v) is 2.13. The number of benzene rings is 1. The van der Waals surface area contributed by atoms with E-state index >= 15 is 0 Å². The van der Waals surface area contributed by atoms with Crippen LogP contribution in [0.3, 0.4) is 0 Å². The van der Waals surface area contributed by atoms with Gasteiger partial charge < -0.3 is 16.2 Å². The second-order valence-electron chi connectivity index (χ2n) is 3.36. The lowest BCUT2D eigenvalue weighted by atomic mass is 10.2. The minimum atomic E-state index is -1.37. The molecular weight excluding hydrogens is 252 g/mol. The van der Waals surface area contributed by atoms with Gasteiger partial charge in [-0.3, -0.25) is 0 Å². The highest BCUT2D eigenvalue weighted by atomic mass is 32.1. The van der Waals surface area contributed by atoms with Gasteiger partial charge in [-0.2, -0.15) is 9.64 Å². The number of nitrogens with zero attached hydrogens (tertiary/aromatic N) is 2. The van der Waals surface area contributed by atoms with E-state index in [-0.39, 0.29) is 5.82 Å². The van der Waals surface area contributed by atoms with E-state index < -0.39 is 11.5 Å². The van der Waals surface area contributed by atoms with Crippen LogP contribution in [0, 0.1) is 11.3 Å². The van der Waals surface area contributed by atoms with Crippen LogP contribution in [0.15, 0.2) is 35.7 Å². The molecule has 2 rings (SSSR count). The molecule has 0 unspecified atom stereocenters. The number of carbonyl (C=O) groups is 1. The summed E-state index contributed by atoms with van der Waals surface area (Å²) in [7, 11) is 0. The number of anilines is 1. The smallest absolute Gasteiger partial charge is 0.350 e. The summed E-state index contributed by atoms with van der Waals surface area (Å²) in [6, 6.07) is 8.97. The van der Waals surface area contributed by atoms with E-state index in [1.807, 2.05) is 24.3 Å². The first-order valence-corrected chi connectivity index (χ1v) is 5.65. The summed E-state index contributed by atoms with van der Waals surface area (Å²) in [5.41, 5.74) is 5.01. The molecule has 0 spiro atoms. The molecular formula is C11H8N4O2S. The van der Waals surface area contributed by atoms with E-state index in [1.54, 1.807) is 0 Å². The Bertz CT molecular complexity index is 684. The summed E-state index contributed by atoms with van der Waals surface area (Å²) in [6.07, 6.45) is 0. The number of hydrogen-bond donors (Lipinski definition) is 3. The molecule has 1 heterocycles. The van der Waals surface area contributed by atoms with Crippen molar-refractivity contribution in [2.75, 3.05) is 5.32 Å². The molecule has 0 aliphatic heterocycles. The van der Waals surface area contributed by atoms with Crippen molar-refractivity contribution in [2.45, 2.75) is 0 Å². The maximum absolute atomic E-state index is 10.7. The summed E-state index contributed by atoms with van der Waals surface area (Å²) in [5.74, 6) is -1.15. The lowest BCUT2D eigenvalue weighted by molar-refractivity contribution is -0.132. The lowest BCUT2D eigenvalue weighted by Crippen LogP contribution is -2.16. The number of hydrogen-bond acceptors (Lipinski definition) is 6. The van der Waals surface area contributed by atoms with Crippen molar-refractivity contribution < 1.29 is 9.90 Å². The molecule has 6 nitrogen and oxygen atoms in total. The van der Waals surface area contributed by atoms with E-state index in [9.17, 15) is 4.79 Å². The molecule has 0 radical (unpaired) electrons. The zero-order valence-corrected chi connectivity index (χ0v) is 9.86. The first-order valence-electron chi connectivity index (χ1n) is 4.88. The van der Waals surface area contributed by atoms with Crippen molar-refractivity contribution in [1.82, 2.24) is 4.37 Å². The fraction of sp³-hybridized carbons (Fsp3) is 0. The van der Waals surface area contributed by atoms with Crippen molar-refractivity contribution in [2.24, 2.45) is 5.73 Å². The molecule has 1 aromatic carbocycles. The van der Waals surface area contributed by atoms with Crippen molar-refractivity contribution in [3.63, 3.8) is 0 Å². The summed E-state index contributed by atoms with van der Waals surface area (Å²) in [4.78, 5) is 10.7. The van der Waals surface area contributed by atoms with Crippen LogP contribution >= 0.6 is 11.5 Å². The molecule has 0 bridgehead atoms. The number of aromatic nitrogens is 1. The molecule has 0 aliphatic carbocycles. The van der Waals surface area contributed by atoms with Gasteiger partial charge in [0.1, 0.15) is 11.9 Å². The number of nitriles is 1. The SMILES string of the molecule is N#C/C(C(=O)O)=C(\N)Nc1nsc2ccccc12. The molecule has 4 N–H and O–H groups in total. The third kappa shape index (κ3) is 2.09. The van der Waals surface area contributed by atoms with Crippen LogP contribution in [0.2, 0.25) is 0 Å². The highest BCUT2D eigenvalue weighted by Crippen LogP contribution is 2.26. The number of rotatable bonds is 3. The molecule has 0 amide bonds. The minimum absolute atomic E-state index is 0.221. The highest BCUT2D eigenvalue weighted by Gasteiger charge is 2.13. The van der Waals surface area contributed by atoms with Crippen LogP contribution in [0.4, 0.5) is 5.82 Å². The largest absolute Gasteiger partial charge is 0.477 e. The minimum Gasteiger partial charge on any atom is -0.477 e. The molecule has 0 saturated carbocycles. The van der Waals surface area contributed by atoms with Gasteiger partial charge in [0.05, 0.1) is 4.70 Å². The second-order valence-corrected chi connectivity index (χ2v) is 4.16. The van der Waals surface area contributed by atoms with Gasteiger partial charge in [-0.25, -0.2) is 4.79 Å². The van der Waals surface area contributed by atoms with Crippen LogP contribution < -0.4 is 11.1 Å². The van der Waals surface area contributed by atoms with Crippen LogP contribution in [0.1, 0.15) is 0 Å². The molecule has 0 saturated heterocycles. The lowest BCUT2D eigenvalue weighted by Gasteiger charge is -2.04. The van der Waals surface area contributed by atoms with E-state index in [2.05, 4.69) is 9.69 Å². The molecule has 0 atom stereocenters. The maximum Gasteiger partial charge on any atom is 0.350 e. The molecule has 0 aliphatic rings. The van der Waals surface area contributed by atoms with E-state index in [4.69, 9.17) is 16.1 Å². The zero-order valence-electron chi connectivity index (χ0n) is 9.04. The molecule has 0 fully saturated rings. The molecule has 18 heavy (non-hydrogen) atoms. The summed E-state index contributed by atoms with van der Waals surface area (Å²) in [6.45, 7) is 0. The van der Waals surface area contributed by atoms with Crippen LogP contribution in [0.5, 0.6) is 0 Å². The van der Waals surface area contributed by atoms with Gasteiger partial charge in [-0.15, -0.1) is 0 Å². The predicted molar refractivity (Wildman–Crippen MR) is 67.7 cm³/mol. The Hall–Kier alpha value is -2.59. The number of carboxylic acids is 1. The van der Waals surface area contributed by atoms with Crippen molar-refractivity contribution in [3.8, 4) is 6.07 Å². The van der Waals surface area contributed by atoms with Gasteiger partial charge in [-0.05, 0) is 23.7 Å². The third-order valence-electron chi connectivity index (χ3n) is 2.23. The topological polar surface area (TPSA) is 112 Å². The van der Waals surface area contributed by atoms with Gasteiger partial charge in [0.2, 0.25) is 0 Å². The van der Waals surface area contributed by atoms with Crippen molar-refractivity contribution >= 4 is 33.4 Å². The van der Waals surface area contributed by atoms with Crippen molar-refractivity contribution in [3.05, 3.63) is 35.7 Å². The Morgan fingerprint density at radius 1 is 1.50 bits per heavy atom. The van der Waals surface area contributed by atoms with Crippen LogP contribution in [-0.4, -0.2) is 15.4 Å². The summed E-state index contributed by atoms with van der Waals surface area (Å²) in [5, 5.41) is 20.9. The Morgan fingerprint density at radius 2 is 2.22 bits per heavy atom. The fourth-order valence-electron chi connectivity index (χ4n) is 1.39. The van der Waals surface area contributed by atoms with E-state index in [0.717, 1.165) is 10.1 Å². The third-order valence-corrected chi connectivity index (χ3v) is 3.05. The van der Waals surface area contributed by atoms with Crippen LogP contribution in [-0.2, 0) is 4.79 Å². The average molecular weight is 260 g/mol. The van der Waals surface area contributed by atoms with Crippen molar-refractivity contribution in [1.29, 1.82) is 5.26 Å². The number of aliphatic carboxylic acids is 1. The Labute approximate surface area is 106 Å². The van der Waals surface area contributed by atoms with E-state index in [1.165, 1.54) is 17.6 Å². The molecule has 1 aromatic heterocycles. The molecule has 90 valence electrons. The quantitative estimate of drug-likeness (QED) is 0.569. The second kappa shape index (κ2) is 4.73. The summed E-state index contributed by atoms with van der Waals surface area (Å²) < 4.78 is 5.07. The number of carboxylic acid groups (broad SMARTS) is 1. The number of nitrogens with one attached hydrogen (secondary N) is 1. The standard InChI is InChI=1S/C11H8N4O2S/c12-5-7(11(16)17)9(13)14-10-6-3-1-2-4-8(6)18-15-10/h1-4H,13H2,(H,14,15)(H,16,17)/b9-7-. The first-order chi connectivity index (χ1) is 8.63. The van der Waals surface area contributed by atoms with Gasteiger partial charge in [0, 0.05) is 5.39 Å². The first kappa shape index (κ1) is 11.9. The predicted octanol–water partition coefficient (Wildman–Crippen LogP) is 1.49. The Balaban J connectivity index is 2.41. The Kier molecular flexibility index (Phi) is 3.12. The van der Waals surface area contributed by atoms with Gasteiger partial charge in [-0.1, -0.05) is 12.1 Å². The monoisotopic (exact) mass is 260 g/mol. The molecule has 7 heteroatoms. The Morgan fingerprint density at radius 3 is 2.89 bits per heavy atom. The zero-order chi connectivity index (χ0) is 13.1. The van der Waals surface area contributed by atoms with Crippen LogP contribution in [0.25, 0.3) is 10.1 Å². The van der Waals surface area contributed by atoms with Gasteiger partial charge in [0.15, 0.2) is 11.4 Å². The van der Waals surface area contributed by atoms with Gasteiger partial charge >= 0.3 is 5.97 Å². The number of nitrogens with two attached hydrogens (primary N) is 1. The average Bonchev–Trinajstić information content (AvgIpc) is 2.73. The molecule has 2 aromatic rings. The van der Waals surface area contributed by atoms with E-state index in [0.29, 0.717) is 5.82 Å².